The van der Waals surface area contributed by atoms with Crippen molar-refractivity contribution < 1.29 is 9.84 Å². The van der Waals surface area contributed by atoms with Crippen LogP contribution in [-0.2, 0) is 6.42 Å². The first-order valence-electron chi connectivity index (χ1n) is 8.12. The molecule has 0 spiro atoms. The number of fused-ring (bicyclic) bond motifs is 3. The van der Waals surface area contributed by atoms with Crippen LogP contribution in [0.2, 0.25) is 0 Å². The van der Waals surface area contributed by atoms with Gasteiger partial charge in [0.25, 0.3) is 0 Å². The maximum absolute atomic E-state index is 10.5. The van der Waals surface area contributed by atoms with Gasteiger partial charge in [0.05, 0.1) is 6.10 Å². The van der Waals surface area contributed by atoms with Gasteiger partial charge in [0, 0.05) is 6.04 Å². The third kappa shape index (κ3) is 3.41. The zero-order chi connectivity index (χ0) is 15.0. The molecule has 1 N–H and O–H groups in total. The van der Waals surface area contributed by atoms with E-state index < -0.39 is 0 Å². The molecule has 0 amide bonds. The summed E-state index contributed by atoms with van der Waals surface area (Å²) >= 11 is 0. The highest BCUT2D eigenvalue weighted by Gasteiger charge is 2.40. The Balaban J connectivity index is 1.65. The fraction of sp³-hybridized carbons (Fsp3) is 0.667. The van der Waals surface area contributed by atoms with Crippen LogP contribution in [0.3, 0.4) is 0 Å². The molecule has 4 rings (SSSR count). The van der Waals surface area contributed by atoms with E-state index in [-0.39, 0.29) is 11.7 Å². The fourth-order valence-corrected chi connectivity index (χ4v) is 3.66. The minimum atomic E-state index is -0.161. The second-order valence-corrected chi connectivity index (χ2v) is 7.49. The minimum Gasteiger partial charge on any atom is -0.488 e. The summed E-state index contributed by atoms with van der Waals surface area (Å²) in [6.45, 7) is 8.48. The molecule has 3 aliphatic rings. The number of ether oxygens (including phenoxy) is 1. The van der Waals surface area contributed by atoms with Crippen LogP contribution in [0.15, 0.2) is 24.3 Å². The van der Waals surface area contributed by atoms with E-state index in [1.165, 1.54) is 5.56 Å². The summed E-state index contributed by atoms with van der Waals surface area (Å²) in [5, 5.41) is 10.5. The van der Waals surface area contributed by atoms with Crippen LogP contribution in [0.1, 0.15) is 39.2 Å². The molecule has 3 heterocycles. The summed E-state index contributed by atoms with van der Waals surface area (Å²) in [6.07, 6.45) is 3.11. The predicted octanol–water partition coefficient (Wildman–Crippen LogP) is 2.86. The number of benzene rings is 1. The SMILES string of the molecule is CC(C)(C)Oc1ccc(CC2C(O)C3CCN2CC3)cc1. The van der Waals surface area contributed by atoms with Crippen LogP contribution in [-0.4, -0.2) is 40.8 Å². The lowest BCUT2D eigenvalue weighted by Crippen LogP contribution is -2.58. The molecule has 0 aromatic heterocycles. The first kappa shape index (κ1) is 14.9. The molecule has 2 unspecified atom stereocenters. The van der Waals surface area contributed by atoms with Crippen molar-refractivity contribution in [2.45, 2.75) is 57.8 Å². The number of rotatable bonds is 3. The molecular weight excluding hydrogens is 262 g/mol. The molecule has 21 heavy (non-hydrogen) atoms. The Kier molecular flexibility index (Phi) is 3.98. The van der Waals surface area contributed by atoms with Crippen molar-refractivity contribution in [3.05, 3.63) is 29.8 Å². The zero-order valence-electron chi connectivity index (χ0n) is 13.4. The molecule has 2 atom stereocenters. The van der Waals surface area contributed by atoms with Gasteiger partial charge in [0.15, 0.2) is 0 Å². The first-order chi connectivity index (χ1) is 9.92. The smallest absolute Gasteiger partial charge is 0.120 e. The van der Waals surface area contributed by atoms with Crippen molar-refractivity contribution in [1.82, 2.24) is 4.90 Å². The highest BCUT2D eigenvalue weighted by atomic mass is 16.5. The van der Waals surface area contributed by atoms with Crippen LogP contribution in [0.5, 0.6) is 5.75 Å². The zero-order valence-corrected chi connectivity index (χ0v) is 13.4. The van der Waals surface area contributed by atoms with Gasteiger partial charge in [-0.2, -0.15) is 0 Å². The molecule has 3 heteroatoms. The van der Waals surface area contributed by atoms with E-state index in [4.69, 9.17) is 4.74 Å². The number of hydrogen-bond donors (Lipinski definition) is 1. The molecule has 1 aromatic carbocycles. The molecule has 0 saturated carbocycles. The van der Waals surface area contributed by atoms with Crippen LogP contribution in [0.4, 0.5) is 0 Å². The highest BCUT2D eigenvalue weighted by molar-refractivity contribution is 5.28. The first-order valence-corrected chi connectivity index (χ1v) is 8.12. The van der Waals surface area contributed by atoms with E-state index in [2.05, 4.69) is 37.8 Å². The van der Waals surface area contributed by atoms with Gasteiger partial charge >= 0.3 is 0 Å². The molecule has 3 aliphatic heterocycles. The van der Waals surface area contributed by atoms with Gasteiger partial charge in [0.1, 0.15) is 11.4 Å². The third-order valence-electron chi connectivity index (χ3n) is 4.71. The van der Waals surface area contributed by atoms with Gasteiger partial charge in [0.2, 0.25) is 0 Å². The summed E-state index contributed by atoms with van der Waals surface area (Å²) in [6, 6.07) is 8.66. The van der Waals surface area contributed by atoms with Gasteiger partial charge < -0.3 is 9.84 Å². The van der Waals surface area contributed by atoms with Crippen LogP contribution in [0.25, 0.3) is 0 Å². The molecule has 3 nitrogen and oxygen atoms in total. The Hall–Kier alpha value is -1.06. The van der Waals surface area contributed by atoms with Crippen LogP contribution >= 0.6 is 0 Å². The van der Waals surface area contributed by atoms with Gasteiger partial charge in [-0.05, 0) is 76.7 Å². The Morgan fingerprint density at radius 2 is 1.76 bits per heavy atom. The maximum Gasteiger partial charge on any atom is 0.120 e. The van der Waals surface area contributed by atoms with E-state index in [0.29, 0.717) is 12.0 Å². The molecule has 0 radical (unpaired) electrons. The normalized spacial score (nSPS) is 32.2. The molecule has 116 valence electrons. The Morgan fingerprint density at radius 3 is 2.29 bits per heavy atom. The van der Waals surface area contributed by atoms with Crippen LogP contribution in [0, 0.1) is 5.92 Å². The molecule has 1 aromatic rings. The summed E-state index contributed by atoms with van der Waals surface area (Å²) in [4.78, 5) is 2.46. The molecule has 3 fully saturated rings. The van der Waals surface area contributed by atoms with Crippen molar-refractivity contribution in [1.29, 1.82) is 0 Å². The van der Waals surface area contributed by atoms with Crippen molar-refractivity contribution >= 4 is 0 Å². The third-order valence-corrected chi connectivity index (χ3v) is 4.71. The summed E-state index contributed by atoms with van der Waals surface area (Å²) in [7, 11) is 0. The highest BCUT2D eigenvalue weighted by Crippen LogP contribution is 2.34. The van der Waals surface area contributed by atoms with Crippen LogP contribution < -0.4 is 4.74 Å². The lowest BCUT2D eigenvalue weighted by molar-refractivity contribution is -0.0715. The second-order valence-electron chi connectivity index (χ2n) is 7.49. The monoisotopic (exact) mass is 289 g/mol. The van der Waals surface area contributed by atoms with Crippen molar-refractivity contribution in [2.24, 2.45) is 5.92 Å². The Morgan fingerprint density at radius 1 is 1.14 bits per heavy atom. The van der Waals surface area contributed by atoms with Crippen molar-refractivity contribution in [3.63, 3.8) is 0 Å². The number of aliphatic hydroxyl groups excluding tert-OH is 1. The predicted molar refractivity (Wildman–Crippen MR) is 84.6 cm³/mol. The second kappa shape index (κ2) is 5.62. The van der Waals surface area contributed by atoms with Crippen molar-refractivity contribution in [3.8, 4) is 5.75 Å². The molecule has 0 aliphatic carbocycles. The average Bonchev–Trinajstić information content (AvgIpc) is 2.43. The summed E-state index contributed by atoms with van der Waals surface area (Å²) < 4.78 is 5.86. The lowest BCUT2D eigenvalue weighted by Gasteiger charge is -2.49. The van der Waals surface area contributed by atoms with E-state index in [0.717, 1.165) is 38.1 Å². The standard InChI is InChI=1S/C18H27NO2/c1-18(2,3)21-15-6-4-13(5-7-15)12-16-17(20)14-8-10-19(16)11-9-14/h4-7,14,16-17,20H,8-12H2,1-3H3. The molecule has 2 bridgehead atoms. The lowest BCUT2D eigenvalue weighted by atomic mass is 9.78. The maximum atomic E-state index is 10.5. The summed E-state index contributed by atoms with van der Waals surface area (Å²) in [5.74, 6) is 1.43. The molecular formula is C18H27NO2. The van der Waals surface area contributed by atoms with Crippen molar-refractivity contribution in [2.75, 3.05) is 13.1 Å². The number of piperidine rings is 3. The Bertz CT molecular complexity index is 467. The number of aliphatic hydroxyl groups is 1. The minimum absolute atomic E-state index is 0.155. The van der Waals surface area contributed by atoms with Gasteiger partial charge in [-0.1, -0.05) is 12.1 Å². The largest absolute Gasteiger partial charge is 0.488 e. The Labute approximate surface area is 127 Å². The number of hydrogen-bond acceptors (Lipinski definition) is 3. The quantitative estimate of drug-likeness (QED) is 0.929. The number of nitrogens with zero attached hydrogens (tertiary/aromatic N) is 1. The van der Waals surface area contributed by atoms with E-state index in [1.54, 1.807) is 0 Å². The van der Waals surface area contributed by atoms with E-state index in [9.17, 15) is 5.11 Å². The van der Waals surface area contributed by atoms with Gasteiger partial charge in [-0.3, -0.25) is 4.90 Å². The van der Waals surface area contributed by atoms with Gasteiger partial charge in [-0.25, -0.2) is 0 Å². The van der Waals surface area contributed by atoms with E-state index in [1.807, 2.05) is 12.1 Å². The topological polar surface area (TPSA) is 32.7 Å². The fourth-order valence-electron chi connectivity index (χ4n) is 3.66. The summed E-state index contributed by atoms with van der Waals surface area (Å²) in [5.41, 5.74) is 1.12. The van der Waals surface area contributed by atoms with Gasteiger partial charge in [-0.15, -0.1) is 0 Å². The molecule has 3 saturated heterocycles. The van der Waals surface area contributed by atoms with E-state index >= 15 is 0 Å². The average molecular weight is 289 g/mol.